The number of carbonyl (C=O) groups excluding carboxylic acids is 3. The number of ketones is 2. The number of ether oxygens (including phenoxy) is 1. The second kappa shape index (κ2) is 9.46. The molecule has 0 saturated heterocycles. The van der Waals surface area contributed by atoms with E-state index in [0.29, 0.717) is 22.4 Å². The molecule has 0 spiro atoms. The minimum Gasteiger partial charge on any atom is -0.465 e. The summed E-state index contributed by atoms with van der Waals surface area (Å²) < 4.78 is 4.72. The van der Waals surface area contributed by atoms with E-state index < -0.39 is 5.97 Å². The number of benzene rings is 3. The van der Waals surface area contributed by atoms with Gasteiger partial charge in [0.1, 0.15) is 0 Å². The minimum atomic E-state index is -0.441. The topological polar surface area (TPSA) is 63.7 Å². The van der Waals surface area contributed by atoms with Crippen LogP contribution in [0.25, 0.3) is 0 Å². The summed E-state index contributed by atoms with van der Waals surface area (Å²) in [4.78, 5) is 38.9. The van der Waals surface area contributed by atoms with E-state index in [2.05, 4.69) is 0 Å². The lowest BCUT2D eigenvalue weighted by Crippen LogP contribution is -2.34. The van der Waals surface area contributed by atoms with Gasteiger partial charge in [-0.1, -0.05) is 60.7 Å². The third-order valence-electron chi connectivity index (χ3n) is 4.51. The van der Waals surface area contributed by atoms with E-state index in [0.717, 1.165) is 0 Å². The van der Waals surface area contributed by atoms with E-state index in [9.17, 15) is 14.4 Å². The van der Waals surface area contributed by atoms with Crippen LogP contribution in [0.2, 0.25) is 0 Å². The number of rotatable bonds is 8. The predicted octanol–water partition coefficient (Wildman–Crippen LogP) is 4.05. The van der Waals surface area contributed by atoms with Crippen LogP contribution in [0.3, 0.4) is 0 Å². The summed E-state index contributed by atoms with van der Waals surface area (Å²) in [6.45, 7) is 0.0836. The van der Waals surface area contributed by atoms with Crippen molar-refractivity contribution in [3.8, 4) is 0 Å². The van der Waals surface area contributed by atoms with Crippen LogP contribution in [0.4, 0.5) is 5.69 Å². The molecule has 0 aliphatic heterocycles. The van der Waals surface area contributed by atoms with Crippen LogP contribution in [-0.2, 0) is 4.74 Å². The lowest BCUT2D eigenvalue weighted by atomic mass is 10.1. The number of anilines is 1. The second-order valence-corrected chi connectivity index (χ2v) is 6.47. The molecule has 0 aliphatic carbocycles. The zero-order chi connectivity index (χ0) is 20.6. The standard InChI is InChI=1S/C24H21NO4/c1-29-24(28)20-12-14-21(15-13-20)25(16-22(26)18-8-4-2-5-9-18)17-23(27)19-10-6-3-7-11-19/h2-15H,16-17H2,1H3. The fraction of sp³-hybridized carbons (Fsp3) is 0.125. The molecule has 5 heteroatoms. The summed E-state index contributed by atoms with van der Waals surface area (Å²) in [6.07, 6.45) is 0. The largest absolute Gasteiger partial charge is 0.465 e. The van der Waals surface area contributed by atoms with Gasteiger partial charge in [0.25, 0.3) is 0 Å². The number of nitrogens with zero attached hydrogens (tertiary/aromatic N) is 1. The predicted molar refractivity (Wildman–Crippen MR) is 112 cm³/mol. The molecule has 0 atom stereocenters. The lowest BCUT2D eigenvalue weighted by Gasteiger charge is -2.24. The van der Waals surface area contributed by atoms with Gasteiger partial charge in [0.05, 0.1) is 25.8 Å². The maximum atomic E-state index is 12.7. The maximum Gasteiger partial charge on any atom is 0.337 e. The van der Waals surface area contributed by atoms with Crippen molar-refractivity contribution in [2.24, 2.45) is 0 Å². The van der Waals surface area contributed by atoms with Gasteiger partial charge in [-0.3, -0.25) is 9.59 Å². The van der Waals surface area contributed by atoms with Crippen molar-refractivity contribution in [3.63, 3.8) is 0 Å². The minimum absolute atomic E-state index is 0.0418. The fourth-order valence-electron chi connectivity index (χ4n) is 2.94. The zero-order valence-electron chi connectivity index (χ0n) is 16.1. The van der Waals surface area contributed by atoms with Gasteiger partial charge in [-0.2, -0.15) is 0 Å². The molecule has 0 amide bonds. The van der Waals surface area contributed by atoms with Crippen molar-refractivity contribution in [3.05, 3.63) is 102 Å². The highest BCUT2D eigenvalue weighted by atomic mass is 16.5. The van der Waals surface area contributed by atoms with Crippen LogP contribution < -0.4 is 4.90 Å². The number of methoxy groups -OCH3 is 1. The van der Waals surface area contributed by atoms with Gasteiger partial charge in [0, 0.05) is 16.8 Å². The third-order valence-corrected chi connectivity index (χ3v) is 4.51. The quantitative estimate of drug-likeness (QED) is 0.431. The monoisotopic (exact) mass is 387 g/mol. The molecule has 0 radical (unpaired) electrons. The SMILES string of the molecule is COC(=O)c1ccc(N(CC(=O)c2ccccc2)CC(=O)c2ccccc2)cc1. The Balaban J connectivity index is 1.85. The summed E-state index contributed by atoms with van der Waals surface area (Å²) in [5.74, 6) is -0.629. The average Bonchev–Trinajstić information content (AvgIpc) is 2.79. The highest BCUT2D eigenvalue weighted by Crippen LogP contribution is 2.18. The zero-order valence-corrected chi connectivity index (χ0v) is 16.1. The van der Waals surface area contributed by atoms with Crippen LogP contribution in [0.15, 0.2) is 84.9 Å². The van der Waals surface area contributed by atoms with Gasteiger partial charge < -0.3 is 9.64 Å². The highest BCUT2D eigenvalue weighted by Gasteiger charge is 2.18. The summed E-state index contributed by atoms with van der Waals surface area (Å²) in [7, 11) is 1.32. The van der Waals surface area contributed by atoms with Crippen LogP contribution in [0, 0.1) is 0 Å². The summed E-state index contributed by atoms with van der Waals surface area (Å²) in [6, 6.07) is 24.6. The van der Waals surface area contributed by atoms with Gasteiger partial charge in [0.15, 0.2) is 11.6 Å². The molecule has 0 bridgehead atoms. The highest BCUT2D eigenvalue weighted by molar-refractivity contribution is 6.03. The number of hydrogen-bond donors (Lipinski definition) is 0. The molecule has 0 saturated carbocycles. The van der Waals surface area contributed by atoms with Gasteiger partial charge in [0.2, 0.25) is 0 Å². The van der Waals surface area contributed by atoms with E-state index in [1.807, 2.05) is 12.1 Å². The Bertz CT molecular complexity index is 929. The number of Topliss-reactive ketones (excluding diaryl/α,β-unsaturated/α-hetero) is 2. The second-order valence-electron chi connectivity index (χ2n) is 6.47. The summed E-state index contributed by atoms with van der Waals surface area (Å²) >= 11 is 0. The normalized spacial score (nSPS) is 10.2. The van der Waals surface area contributed by atoms with Crippen molar-refractivity contribution in [2.75, 3.05) is 25.1 Å². The first-order valence-corrected chi connectivity index (χ1v) is 9.18. The first kappa shape index (κ1) is 20.0. The molecular formula is C24H21NO4. The Morgan fingerprint density at radius 2 is 1.10 bits per heavy atom. The van der Waals surface area contributed by atoms with Crippen molar-refractivity contribution < 1.29 is 19.1 Å². The molecule has 0 unspecified atom stereocenters. The molecule has 3 aromatic carbocycles. The number of hydrogen-bond acceptors (Lipinski definition) is 5. The molecule has 3 aromatic rings. The number of esters is 1. The molecule has 146 valence electrons. The Hall–Kier alpha value is -3.73. The van der Waals surface area contributed by atoms with Crippen LogP contribution >= 0.6 is 0 Å². The van der Waals surface area contributed by atoms with Gasteiger partial charge >= 0.3 is 5.97 Å². The summed E-state index contributed by atoms with van der Waals surface area (Å²) in [5, 5.41) is 0. The molecule has 0 fully saturated rings. The van der Waals surface area contributed by atoms with Gasteiger partial charge in [-0.25, -0.2) is 4.79 Å². The first-order valence-electron chi connectivity index (χ1n) is 9.18. The Morgan fingerprint density at radius 1 is 0.655 bits per heavy atom. The Morgan fingerprint density at radius 3 is 1.52 bits per heavy atom. The van der Waals surface area contributed by atoms with Crippen molar-refractivity contribution in [2.45, 2.75) is 0 Å². The molecule has 0 N–H and O–H groups in total. The van der Waals surface area contributed by atoms with Crippen LogP contribution in [0.5, 0.6) is 0 Å². The smallest absolute Gasteiger partial charge is 0.337 e. The Kier molecular flexibility index (Phi) is 6.53. The van der Waals surface area contributed by atoms with Crippen molar-refractivity contribution >= 4 is 23.2 Å². The summed E-state index contributed by atoms with van der Waals surface area (Å²) in [5.41, 5.74) is 2.23. The van der Waals surface area contributed by atoms with E-state index in [4.69, 9.17) is 4.74 Å². The molecule has 0 aromatic heterocycles. The molecule has 0 heterocycles. The van der Waals surface area contributed by atoms with E-state index in [1.54, 1.807) is 77.7 Å². The third kappa shape index (κ3) is 5.17. The average molecular weight is 387 g/mol. The molecule has 5 nitrogen and oxygen atoms in total. The van der Waals surface area contributed by atoms with Crippen LogP contribution in [-0.4, -0.2) is 37.7 Å². The molecule has 0 aliphatic rings. The van der Waals surface area contributed by atoms with E-state index in [1.165, 1.54) is 7.11 Å². The van der Waals surface area contributed by atoms with Gasteiger partial charge in [-0.05, 0) is 24.3 Å². The lowest BCUT2D eigenvalue weighted by molar-refractivity contribution is 0.0600. The van der Waals surface area contributed by atoms with Crippen molar-refractivity contribution in [1.82, 2.24) is 0 Å². The number of carbonyl (C=O) groups is 3. The van der Waals surface area contributed by atoms with Crippen molar-refractivity contribution in [1.29, 1.82) is 0 Å². The fourth-order valence-corrected chi connectivity index (χ4v) is 2.94. The van der Waals surface area contributed by atoms with Crippen LogP contribution in [0.1, 0.15) is 31.1 Å². The van der Waals surface area contributed by atoms with E-state index >= 15 is 0 Å². The molecule has 29 heavy (non-hydrogen) atoms. The molecular weight excluding hydrogens is 366 g/mol. The first-order chi connectivity index (χ1) is 14.1. The molecule has 3 rings (SSSR count). The Labute approximate surface area is 169 Å². The maximum absolute atomic E-state index is 12.7. The van der Waals surface area contributed by atoms with E-state index in [-0.39, 0.29) is 24.7 Å². The van der Waals surface area contributed by atoms with Gasteiger partial charge in [-0.15, -0.1) is 0 Å².